The molecule has 0 unspecified atom stereocenters. The van der Waals surface area contributed by atoms with Crippen molar-refractivity contribution in [2.24, 2.45) is 11.3 Å². The molecule has 0 bridgehead atoms. The van der Waals surface area contributed by atoms with Crippen LogP contribution in [0.25, 0.3) is 0 Å². The molecule has 2 atom stereocenters. The number of likely N-dealkylation sites (tertiary alicyclic amines) is 1. The average Bonchev–Trinajstić information content (AvgIpc) is 3.58. The highest BCUT2D eigenvalue weighted by atomic mass is 32.2. The van der Waals surface area contributed by atoms with Gasteiger partial charge in [-0.2, -0.15) is 17.0 Å². The molecule has 0 saturated carbocycles. The second-order valence-electron chi connectivity index (χ2n) is 15.4. The first kappa shape index (κ1) is 38.1. The molecule has 15 heteroatoms. The van der Waals surface area contributed by atoms with Crippen LogP contribution in [0.1, 0.15) is 70.2 Å². The lowest BCUT2D eigenvalue weighted by molar-refractivity contribution is -0.117. The number of carbonyl (C=O) groups is 2. The molecule has 6 rings (SSSR count). The van der Waals surface area contributed by atoms with Gasteiger partial charge in [0.1, 0.15) is 17.9 Å². The molecule has 2 aromatic rings. The quantitative estimate of drug-likeness (QED) is 0.322. The van der Waals surface area contributed by atoms with E-state index in [1.165, 1.54) is 34.9 Å². The minimum absolute atomic E-state index is 0.0786. The van der Waals surface area contributed by atoms with Crippen LogP contribution in [0.4, 0.5) is 10.2 Å². The summed E-state index contributed by atoms with van der Waals surface area (Å²) in [5, 5.41) is 2.85. The summed E-state index contributed by atoms with van der Waals surface area (Å²) in [7, 11) is -3.59. The molecule has 1 aromatic heterocycles. The predicted molar refractivity (Wildman–Crippen MR) is 197 cm³/mol. The van der Waals surface area contributed by atoms with Crippen molar-refractivity contribution in [2.45, 2.75) is 77.9 Å². The van der Waals surface area contributed by atoms with Crippen molar-refractivity contribution in [1.29, 1.82) is 0 Å². The molecule has 4 aliphatic heterocycles. The van der Waals surface area contributed by atoms with Crippen LogP contribution in [-0.2, 0) is 15.0 Å². The number of carbonyl (C=O) groups excluding carboxylic acids is 2. The number of amides is 2. The lowest BCUT2D eigenvalue weighted by Crippen LogP contribution is -2.61. The molecular formula is C37H53FN8O5S. The van der Waals surface area contributed by atoms with Crippen molar-refractivity contribution in [1.82, 2.24) is 33.7 Å². The Morgan fingerprint density at radius 2 is 1.77 bits per heavy atom. The summed E-state index contributed by atoms with van der Waals surface area (Å²) in [4.78, 5) is 40.5. The van der Waals surface area contributed by atoms with Crippen LogP contribution < -0.4 is 15.0 Å². The van der Waals surface area contributed by atoms with E-state index in [9.17, 15) is 22.4 Å². The fraction of sp³-hybridized carbons (Fsp3) is 0.622. The third-order valence-corrected chi connectivity index (χ3v) is 13.0. The number of rotatable bonds is 12. The Kier molecular flexibility index (Phi) is 11.5. The number of piperidine rings is 2. The molecule has 0 radical (unpaired) electrons. The van der Waals surface area contributed by atoms with E-state index in [1.54, 1.807) is 15.4 Å². The van der Waals surface area contributed by atoms with Crippen LogP contribution in [0.5, 0.6) is 11.5 Å². The summed E-state index contributed by atoms with van der Waals surface area (Å²) in [6.45, 7) is 17.4. The van der Waals surface area contributed by atoms with Crippen molar-refractivity contribution >= 4 is 27.8 Å². The summed E-state index contributed by atoms with van der Waals surface area (Å²) in [6, 6.07) is 3.64. The van der Waals surface area contributed by atoms with Gasteiger partial charge in [-0.05, 0) is 103 Å². The van der Waals surface area contributed by atoms with Gasteiger partial charge in [-0.25, -0.2) is 14.4 Å². The highest BCUT2D eigenvalue weighted by Gasteiger charge is 2.47. The van der Waals surface area contributed by atoms with Crippen LogP contribution in [0.2, 0.25) is 0 Å². The predicted octanol–water partition coefficient (Wildman–Crippen LogP) is 3.90. The SMILES string of the molecule is C=CC(=O)N[C@@H]1CCCN(S(=O)(=O)N2CC[C@H](CN3CCC4(CC3)CN(c3ncncc3Oc3ccc(F)cc3C(=O)N(C(C)C)C(C)C)C4)C2)C1. The van der Waals surface area contributed by atoms with E-state index in [0.717, 1.165) is 58.4 Å². The number of anilines is 1. The molecular weight excluding hydrogens is 688 g/mol. The van der Waals surface area contributed by atoms with Crippen LogP contribution in [0.15, 0.2) is 43.4 Å². The average molecular weight is 741 g/mol. The molecule has 1 aromatic carbocycles. The van der Waals surface area contributed by atoms with Crippen molar-refractivity contribution in [3.8, 4) is 11.5 Å². The van der Waals surface area contributed by atoms with E-state index in [0.29, 0.717) is 44.2 Å². The normalized spacial score (nSPS) is 22.8. The van der Waals surface area contributed by atoms with Crippen LogP contribution >= 0.6 is 0 Å². The fourth-order valence-corrected chi connectivity index (χ4v) is 10.1. The number of halogens is 1. The van der Waals surface area contributed by atoms with Gasteiger partial charge >= 0.3 is 0 Å². The summed E-state index contributed by atoms with van der Waals surface area (Å²) >= 11 is 0. The monoisotopic (exact) mass is 740 g/mol. The molecule has 0 aliphatic carbocycles. The number of hydrogen-bond acceptors (Lipinski definition) is 9. The van der Waals surface area contributed by atoms with Gasteiger partial charge < -0.3 is 24.8 Å². The minimum Gasteiger partial charge on any atom is -0.451 e. The third-order valence-electron chi connectivity index (χ3n) is 11.0. The van der Waals surface area contributed by atoms with Crippen molar-refractivity contribution < 1.29 is 27.1 Å². The van der Waals surface area contributed by atoms with E-state index in [4.69, 9.17) is 4.74 Å². The maximum atomic E-state index is 14.4. The molecule has 4 saturated heterocycles. The van der Waals surface area contributed by atoms with E-state index < -0.39 is 16.0 Å². The molecule has 4 fully saturated rings. The Morgan fingerprint density at radius 1 is 1.06 bits per heavy atom. The Labute approximate surface area is 307 Å². The number of ether oxygens (including phenoxy) is 1. The van der Waals surface area contributed by atoms with Gasteiger partial charge in [0.15, 0.2) is 11.6 Å². The molecule has 1 N–H and O–H groups in total. The Balaban J connectivity index is 1.02. The smallest absolute Gasteiger partial charge is 0.282 e. The van der Waals surface area contributed by atoms with Gasteiger partial charge in [0, 0.05) is 69.4 Å². The molecule has 52 heavy (non-hydrogen) atoms. The van der Waals surface area contributed by atoms with Crippen LogP contribution in [0.3, 0.4) is 0 Å². The van der Waals surface area contributed by atoms with Gasteiger partial charge in [-0.3, -0.25) is 9.59 Å². The van der Waals surface area contributed by atoms with E-state index in [1.807, 2.05) is 27.7 Å². The standard InChI is InChI=1S/C37H53FN8O5S/c1-6-34(47)41-30-8-7-14-44(22-30)52(49,50)45-15-11-28(21-45)20-42-16-12-37(13-17-42)23-43(24-37)35-33(19-39-25-40-35)51-32-10-9-29(38)18-31(32)36(48)46(26(2)3)27(4)5/h6,9-10,18-19,25-28,30H,1,7-8,11-17,20-24H2,2-5H3,(H,41,47)/t28-,30-/m1/s1. The lowest BCUT2D eigenvalue weighted by Gasteiger charge is -2.54. The first-order valence-corrected chi connectivity index (χ1v) is 19.9. The maximum absolute atomic E-state index is 14.4. The van der Waals surface area contributed by atoms with Gasteiger partial charge in [0.05, 0.1) is 11.8 Å². The number of benzene rings is 1. The highest BCUT2D eigenvalue weighted by molar-refractivity contribution is 7.86. The number of nitrogens with zero attached hydrogens (tertiary/aromatic N) is 7. The summed E-state index contributed by atoms with van der Waals surface area (Å²) in [5.41, 5.74) is 0.309. The molecule has 1 spiro atoms. The fourth-order valence-electron chi connectivity index (χ4n) is 8.35. The van der Waals surface area contributed by atoms with E-state index >= 15 is 0 Å². The maximum Gasteiger partial charge on any atom is 0.282 e. The zero-order chi connectivity index (χ0) is 37.2. The third kappa shape index (κ3) is 8.27. The number of hydrogen-bond donors (Lipinski definition) is 1. The van der Waals surface area contributed by atoms with Crippen LogP contribution in [-0.4, -0.2) is 126 Å². The topological polar surface area (TPSA) is 132 Å². The van der Waals surface area contributed by atoms with Gasteiger partial charge in [0.25, 0.3) is 16.1 Å². The van der Waals surface area contributed by atoms with Gasteiger partial charge in [-0.15, -0.1) is 0 Å². The summed E-state index contributed by atoms with van der Waals surface area (Å²) in [6.07, 6.45) is 8.66. The van der Waals surface area contributed by atoms with E-state index in [2.05, 4.69) is 31.7 Å². The van der Waals surface area contributed by atoms with Gasteiger partial charge in [-0.1, -0.05) is 6.58 Å². The van der Waals surface area contributed by atoms with Crippen molar-refractivity contribution in [2.75, 3.05) is 63.8 Å². The van der Waals surface area contributed by atoms with E-state index in [-0.39, 0.29) is 52.6 Å². The van der Waals surface area contributed by atoms with Gasteiger partial charge in [0.2, 0.25) is 5.91 Å². The number of aromatic nitrogens is 2. The highest BCUT2D eigenvalue weighted by Crippen LogP contribution is 2.45. The Bertz CT molecular complexity index is 1720. The van der Waals surface area contributed by atoms with Crippen LogP contribution in [0, 0.1) is 17.2 Å². The zero-order valence-electron chi connectivity index (χ0n) is 30.8. The first-order chi connectivity index (χ1) is 24.8. The lowest BCUT2D eigenvalue weighted by atomic mass is 9.72. The number of nitrogens with one attached hydrogen (secondary N) is 1. The van der Waals surface area contributed by atoms with Crippen molar-refractivity contribution in [3.63, 3.8) is 0 Å². The second kappa shape index (κ2) is 15.7. The first-order valence-electron chi connectivity index (χ1n) is 18.5. The summed E-state index contributed by atoms with van der Waals surface area (Å²) in [5.74, 6) is 0.505. The Hall–Kier alpha value is -3.66. The summed E-state index contributed by atoms with van der Waals surface area (Å²) < 4.78 is 50.9. The largest absolute Gasteiger partial charge is 0.451 e. The molecule has 2 amide bonds. The molecule has 284 valence electrons. The van der Waals surface area contributed by atoms with Crippen molar-refractivity contribution in [3.05, 3.63) is 54.8 Å². The zero-order valence-corrected chi connectivity index (χ0v) is 31.7. The molecule has 13 nitrogen and oxygen atoms in total. The minimum atomic E-state index is -3.59. The Morgan fingerprint density at radius 3 is 2.46 bits per heavy atom. The molecule has 5 heterocycles. The second-order valence-corrected chi connectivity index (χ2v) is 17.4. The molecule has 4 aliphatic rings.